The van der Waals surface area contributed by atoms with Gasteiger partial charge < -0.3 is 25.8 Å². The number of aliphatic hydroxyl groups is 1. The van der Waals surface area contributed by atoms with Crippen LogP contribution in [0.1, 0.15) is 23.7 Å². The molecule has 0 unspecified atom stereocenters. The summed E-state index contributed by atoms with van der Waals surface area (Å²) in [5.74, 6) is 2.07. The Kier molecular flexibility index (Phi) is 13.2. The number of hydrogen-bond donors (Lipinski definition) is 6. The highest BCUT2D eigenvalue weighted by Gasteiger charge is 2.15. The van der Waals surface area contributed by atoms with Gasteiger partial charge in [0.05, 0.1) is 17.1 Å². The van der Waals surface area contributed by atoms with Gasteiger partial charge in [-0.2, -0.15) is 20.2 Å². The number of thiazole rings is 1. The number of rotatable bonds is 13. The Morgan fingerprint density at radius 1 is 1.11 bits per heavy atom. The average Bonchev–Trinajstić information content (AvgIpc) is 3.20. The number of aromatic hydroxyl groups is 1. The van der Waals surface area contributed by atoms with Crippen molar-refractivity contribution in [3.05, 3.63) is 62.2 Å². The van der Waals surface area contributed by atoms with Crippen LogP contribution in [0.5, 0.6) is 5.75 Å². The standard InChI is InChI=1S/C22H28ClN3O3S2.CH4O3S/c23-17-5-2-1-4-15(17)8-10-24-9-3-12-30-13-11-25-14-19(28)16-6-7-18(27)20-21(16)31-22(29)26-20;1-5(2,3)4/h1-2,4-7,19,24-25,27-28H,3,8-14H2,(H,26,29);1H3,(H,2,3,4)/t19-;/m0./s1. The van der Waals surface area contributed by atoms with Gasteiger partial charge in [0.2, 0.25) is 0 Å². The largest absolute Gasteiger partial charge is 0.506 e. The Labute approximate surface area is 224 Å². The van der Waals surface area contributed by atoms with Crippen molar-refractivity contribution < 1.29 is 23.2 Å². The van der Waals surface area contributed by atoms with Crippen molar-refractivity contribution in [3.8, 4) is 5.75 Å². The van der Waals surface area contributed by atoms with E-state index in [4.69, 9.17) is 16.2 Å². The lowest BCUT2D eigenvalue weighted by atomic mass is 10.1. The van der Waals surface area contributed by atoms with E-state index in [-0.39, 0.29) is 10.6 Å². The van der Waals surface area contributed by atoms with Gasteiger partial charge in [0, 0.05) is 29.4 Å². The van der Waals surface area contributed by atoms with E-state index < -0.39 is 16.2 Å². The monoisotopic (exact) mass is 577 g/mol. The normalized spacial score (nSPS) is 12.3. The minimum absolute atomic E-state index is 0.0204. The predicted octanol–water partition coefficient (Wildman–Crippen LogP) is 3.03. The number of thioether (sulfide) groups is 1. The number of phenols is 1. The number of fused-ring (bicyclic) bond motifs is 1. The van der Waals surface area contributed by atoms with Gasteiger partial charge >= 0.3 is 4.87 Å². The maximum atomic E-state index is 11.6. The molecular weight excluding hydrogens is 546 g/mol. The van der Waals surface area contributed by atoms with Crippen LogP contribution in [0.4, 0.5) is 0 Å². The van der Waals surface area contributed by atoms with Crippen LogP contribution in [-0.2, 0) is 16.5 Å². The number of nitrogens with one attached hydrogen (secondary N) is 3. The number of H-pyrrole nitrogens is 1. The zero-order chi connectivity index (χ0) is 26.6. The summed E-state index contributed by atoms with van der Waals surface area (Å²) in [5.41, 5.74) is 2.22. The van der Waals surface area contributed by atoms with Crippen LogP contribution in [0.2, 0.25) is 5.02 Å². The predicted molar refractivity (Wildman–Crippen MR) is 149 cm³/mol. The second kappa shape index (κ2) is 15.6. The first-order valence-electron chi connectivity index (χ1n) is 11.2. The number of aromatic nitrogens is 1. The van der Waals surface area contributed by atoms with Gasteiger partial charge in [-0.25, -0.2) is 0 Å². The van der Waals surface area contributed by atoms with Gasteiger partial charge in [0.25, 0.3) is 10.1 Å². The van der Waals surface area contributed by atoms with Crippen LogP contribution in [-0.4, -0.2) is 72.1 Å². The molecular formula is C23H32ClN3O6S3. The first-order valence-corrected chi connectivity index (χ1v) is 15.4. The summed E-state index contributed by atoms with van der Waals surface area (Å²) in [6, 6.07) is 11.1. The van der Waals surface area contributed by atoms with E-state index in [1.165, 1.54) is 11.6 Å². The molecule has 0 bridgehead atoms. The molecule has 6 N–H and O–H groups in total. The minimum Gasteiger partial charge on any atom is -0.506 e. The topological polar surface area (TPSA) is 152 Å². The molecule has 0 spiro atoms. The van der Waals surface area contributed by atoms with E-state index in [2.05, 4.69) is 21.7 Å². The van der Waals surface area contributed by atoms with Crippen LogP contribution in [0.15, 0.2) is 41.2 Å². The Balaban J connectivity index is 0.000000830. The fourth-order valence-corrected chi connectivity index (χ4v) is 5.23. The SMILES string of the molecule is CS(=O)(=O)O.O=c1[nH]c2c(O)ccc([C@@H](O)CNCCSCCCNCCc3ccccc3Cl)c2s1. The molecule has 0 aliphatic carbocycles. The Hall–Kier alpha value is -1.64. The van der Waals surface area contributed by atoms with Crippen molar-refractivity contribution in [2.24, 2.45) is 0 Å². The zero-order valence-corrected chi connectivity index (χ0v) is 23.1. The number of aromatic amines is 1. The third-order valence-corrected chi connectivity index (χ3v) is 7.25. The van der Waals surface area contributed by atoms with Gasteiger partial charge in [-0.1, -0.05) is 47.2 Å². The quantitative estimate of drug-likeness (QED) is 0.133. The molecule has 0 saturated carbocycles. The lowest BCUT2D eigenvalue weighted by Crippen LogP contribution is -2.24. The van der Waals surface area contributed by atoms with Gasteiger partial charge in [-0.15, -0.1) is 0 Å². The smallest absolute Gasteiger partial charge is 0.305 e. The molecule has 1 aromatic heterocycles. The molecule has 1 atom stereocenters. The van der Waals surface area contributed by atoms with Gasteiger partial charge in [0.15, 0.2) is 0 Å². The van der Waals surface area contributed by atoms with Crippen LogP contribution in [0.25, 0.3) is 10.2 Å². The van der Waals surface area contributed by atoms with Crippen molar-refractivity contribution >= 4 is 55.0 Å². The summed E-state index contributed by atoms with van der Waals surface area (Å²) >= 11 is 9.04. The highest BCUT2D eigenvalue weighted by Crippen LogP contribution is 2.31. The van der Waals surface area contributed by atoms with E-state index in [1.807, 2.05) is 30.0 Å². The second-order valence-corrected chi connectivity index (χ2v) is 12.0. The first kappa shape index (κ1) is 30.6. The first-order chi connectivity index (χ1) is 17.1. The summed E-state index contributed by atoms with van der Waals surface area (Å²) in [6.07, 6.45) is 2.02. The molecule has 13 heteroatoms. The summed E-state index contributed by atoms with van der Waals surface area (Å²) < 4.78 is 26.5. The lowest BCUT2D eigenvalue weighted by molar-refractivity contribution is 0.177. The van der Waals surface area contributed by atoms with E-state index in [1.54, 1.807) is 6.07 Å². The van der Waals surface area contributed by atoms with Crippen LogP contribution >= 0.6 is 34.7 Å². The lowest BCUT2D eigenvalue weighted by Gasteiger charge is -2.13. The van der Waals surface area contributed by atoms with Crippen molar-refractivity contribution in [2.75, 3.05) is 43.9 Å². The van der Waals surface area contributed by atoms with Gasteiger partial charge in [0.1, 0.15) is 11.3 Å². The highest BCUT2D eigenvalue weighted by atomic mass is 35.5. The maximum absolute atomic E-state index is 11.6. The van der Waals surface area contributed by atoms with Crippen LogP contribution in [0.3, 0.4) is 0 Å². The summed E-state index contributed by atoms with van der Waals surface area (Å²) in [5, 5.41) is 27.9. The molecule has 0 fully saturated rings. The minimum atomic E-state index is -3.67. The summed E-state index contributed by atoms with van der Waals surface area (Å²) in [7, 11) is -3.67. The third-order valence-electron chi connectivity index (χ3n) is 4.88. The van der Waals surface area contributed by atoms with Crippen molar-refractivity contribution in [2.45, 2.75) is 18.9 Å². The number of hydrogen-bond acceptors (Lipinski definition) is 9. The zero-order valence-electron chi connectivity index (χ0n) is 19.9. The Morgan fingerprint density at radius 3 is 2.56 bits per heavy atom. The van der Waals surface area contributed by atoms with Gasteiger partial charge in [-0.05, 0) is 49.4 Å². The third kappa shape index (κ3) is 11.6. The molecule has 3 aromatic rings. The highest BCUT2D eigenvalue weighted by molar-refractivity contribution is 7.99. The van der Waals surface area contributed by atoms with E-state index in [0.29, 0.717) is 28.6 Å². The van der Waals surface area contributed by atoms with Crippen LogP contribution in [0, 0.1) is 0 Å². The molecule has 0 amide bonds. The molecule has 3 rings (SSSR count). The Morgan fingerprint density at radius 2 is 1.83 bits per heavy atom. The molecule has 1 heterocycles. The Bertz CT molecular complexity index is 1240. The average molecular weight is 578 g/mol. The molecule has 200 valence electrons. The molecule has 36 heavy (non-hydrogen) atoms. The molecule has 0 aliphatic heterocycles. The second-order valence-electron chi connectivity index (χ2n) is 7.90. The van der Waals surface area contributed by atoms with E-state index in [9.17, 15) is 23.4 Å². The summed E-state index contributed by atoms with van der Waals surface area (Å²) in [4.78, 5) is 13.9. The molecule has 2 aromatic carbocycles. The summed E-state index contributed by atoms with van der Waals surface area (Å²) in [6.45, 7) is 3.11. The molecule has 0 radical (unpaired) electrons. The number of aliphatic hydroxyl groups excluding tert-OH is 1. The van der Waals surface area contributed by atoms with Crippen molar-refractivity contribution in [1.29, 1.82) is 0 Å². The fraction of sp³-hybridized carbons (Fsp3) is 0.435. The maximum Gasteiger partial charge on any atom is 0.305 e. The van der Waals surface area contributed by atoms with E-state index in [0.717, 1.165) is 60.3 Å². The van der Waals surface area contributed by atoms with Crippen molar-refractivity contribution in [1.82, 2.24) is 15.6 Å². The fourth-order valence-electron chi connectivity index (χ4n) is 3.25. The van der Waals surface area contributed by atoms with Crippen molar-refractivity contribution in [3.63, 3.8) is 0 Å². The molecule has 0 aliphatic rings. The number of halogens is 1. The molecule has 0 saturated heterocycles. The van der Waals surface area contributed by atoms with E-state index >= 15 is 0 Å². The molecule has 9 nitrogen and oxygen atoms in total. The van der Waals surface area contributed by atoms with Gasteiger partial charge in [-0.3, -0.25) is 9.35 Å². The van der Waals surface area contributed by atoms with Crippen LogP contribution < -0.4 is 15.5 Å². The number of phenolic OH excluding ortho intramolecular Hbond substituents is 1. The number of benzene rings is 2.